The number of hydrogen-bond acceptors (Lipinski definition) is 7. The van der Waals surface area contributed by atoms with Crippen LogP contribution in [-0.2, 0) is 13.2 Å². The maximum atomic E-state index is 12.6. The largest absolute Gasteiger partial charge is 0.288 e. The molecule has 1 amide bonds. The van der Waals surface area contributed by atoms with Crippen molar-refractivity contribution >= 4 is 11.9 Å². The average Bonchev–Trinajstić information content (AvgIpc) is 3.58. The summed E-state index contributed by atoms with van der Waals surface area (Å²) < 4.78 is 3.23. The van der Waals surface area contributed by atoms with Crippen LogP contribution in [0.15, 0.2) is 73.2 Å². The number of rotatable bonds is 7. The summed E-state index contributed by atoms with van der Waals surface area (Å²) in [7, 11) is 0. The zero-order valence-corrected chi connectivity index (χ0v) is 17.8. The summed E-state index contributed by atoms with van der Waals surface area (Å²) in [4.78, 5) is 18.1. The van der Waals surface area contributed by atoms with E-state index in [0.29, 0.717) is 12.4 Å². The van der Waals surface area contributed by atoms with Crippen LogP contribution in [0, 0.1) is 6.92 Å². The SMILES string of the molecule is Cc1ccccc1Cn1cnc(NC(=O)c2ccn(Cn3nnc(-c4ccccc4)n3)n2)n1. The van der Waals surface area contributed by atoms with Gasteiger partial charge in [-0.15, -0.1) is 20.1 Å². The molecule has 1 N–H and O–H groups in total. The third-order valence-electron chi connectivity index (χ3n) is 4.98. The molecular formula is C22H20N10O. The number of nitrogens with zero attached hydrogens (tertiary/aromatic N) is 9. The van der Waals surface area contributed by atoms with Crippen molar-refractivity contribution in [1.82, 2.24) is 44.8 Å². The molecule has 0 aliphatic carbocycles. The van der Waals surface area contributed by atoms with E-state index >= 15 is 0 Å². The number of aromatic nitrogens is 9. The molecule has 0 bridgehead atoms. The zero-order valence-electron chi connectivity index (χ0n) is 17.8. The Labute approximate surface area is 188 Å². The van der Waals surface area contributed by atoms with Crippen molar-refractivity contribution in [1.29, 1.82) is 0 Å². The number of nitrogens with one attached hydrogen (secondary N) is 1. The lowest BCUT2D eigenvalue weighted by atomic mass is 10.1. The quantitative estimate of drug-likeness (QED) is 0.412. The first-order chi connectivity index (χ1) is 16.1. The number of anilines is 1. The van der Waals surface area contributed by atoms with E-state index in [2.05, 4.69) is 35.9 Å². The molecule has 0 radical (unpaired) electrons. The first-order valence-corrected chi connectivity index (χ1v) is 10.3. The summed E-state index contributed by atoms with van der Waals surface area (Å²) in [5.74, 6) is 0.334. The summed E-state index contributed by atoms with van der Waals surface area (Å²) in [6.07, 6.45) is 3.26. The number of carbonyl (C=O) groups is 1. The van der Waals surface area contributed by atoms with E-state index in [4.69, 9.17) is 0 Å². The van der Waals surface area contributed by atoms with Gasteiger partial charge in [-0.1, -0.05) is 54.6 Å². The maximum absolute atomic E-state index is 12.6. The minimum absolute atomic E-state index is 0.216. The molecule has 164 valence electrons. The Balaban J connectivity index is 1.21. The molecule has 0 atom stereocenters. The minimum Gasteiger partial charge on any atom is -0.288 e. The molecule has 11 heteroatoms. The molecule has 0 spiro atoms. The number of hydrogen-bond donors (Lipinski definition) is 1. The van der Waals surface area contributed by atoms with Crippen LogP contribution in [-0.4, -0.2) is 50.7 Å². The lowest BCUT2D eigenvalue weighted by Gasteiger charge is -2.04. The van der Waals surface area contributed by atoms with Gasteiger partial charge in [0.1, 0.15) is 6.33 Å². The molecular weight excluding hydrogens is 420 g/mol. The van der Waals surface area contributed by atoms with Crippen molar-refractivity contribution in [3.05, 3.63) is 90.0 Å². The number of benzene rings is 2. The van der Waals surface area contributed by atoms with Gasteiger partial charge in [0.05, 0.1) is 6.54 Å². The lowest BCUT2D eigenvalue weighted by Crippen LogP contribution is -2.16. The molecule has 3 heterocycles. The van der Waals surface area contributed by atoms with Crippen LogP contribution in [0.2, 0.25) is 0 Å². The highest BCUT2D eigenvalue weighted by molar-refractivity contribution is 6.01. The predicted octanol–water partition coefficient (Wildman–Crippen LogP) is 2.24. The Morgan fingerprint density at radius 1 is 0.939 bits per heavy atom. The van der Waals surface area contributed by atoms with Gasteiger partial charge in [0.25, 0.3) is 5.91 Å². The molecule has 5 aromatic rings. The zero-order chi connectivity index (χ0) is 22.6. The molecule has 5 rings (SSSR count). The van der Waals surface area contributed by atoms with E-state index in [-0.39, 0.29) is 18.3 Å². The fraction of sp³-hybridized carbons (Fsp3) is 0.136. The average molecular weight is 440 g/mol. The van der Waals surface area contributed by atoms with Gasteiger partial charge in [-0.3, -0.25) is 10.1 Å². The van der Waals surface area contributed by atoms with Gasteiger partial charge in [-0.25, -0.2) is 14.3 Å². The smallest absolute Gasteiger partial charge is 0.278 e. The van der Waals surface area contributed by atoms with Crippen LogP contribution in [0.5, 0.6) is 0 Å². The number of aryl methyl sites for hydroxylation is 1. The molecule has 33 heavy (non-hydrogen) atoms. The second kappa shape index (κ2) is 8.83. The third kappa shape index (κ3) is 4.66. The van der Waals surface area contributed by atoms with Crippen LogP contribution < -0.4 is 5.32 Å². The van der Waals surface area contributed by atoms with Gasteiger partial charge in [-0.05, 0) is 29.3 Å². The Hall–Kier alpha value is -4.67. The minimum atomic E-state index is -0.404. The first kappa shape index (κ1) is 20.2. The summed E-state index contributed by atoms with van der Waals surface area (Å²) in [6, 6.07) is 19.2. The molecule has 0 saturated heterocycles. The summed E-state index contributed by atoms with van der Waals surface area (Å²) in [5, 5.41) is 23.7. The fourth-order valence-electron chi connectivity index (χ4n) is 3.25. The van der Waals surface area contributed by atoms with E-state index in [1.54, 1.807) is 28.0 Å². The number of tetrazole rings is 1. The van der Waals surface area contributed by atoms with E-state index in [0.717, 1.165) is 11.1 Å². The number of amides is 1. The Kier molecular flexibility index (Phi) is 5.42. The molecule has 0 fully saturated rings. The molecule has 0 saturated carbocycles. The normalized spacial score (nSPS) is 10.9. The van der Waals surface area contributed by atoms with Crippen LogP contribution >= 0.6 is 0 Å². The van der Waals surface area contributed by atoms with Crippen LogP contribution in [0.3, 0.4) is 0 Å². The third-order valence-corrected chi connectivity index (χ3v) is 4.98. The van der Waals surface area contributed by atoms with Gasteiger partial charge in [0, 0.05) is 11.8 Å². The molecule has 0 unspecified atom stereocenters. The summed E-state index contributed by atoms with van der Waals surface area (Å²) >= 11 is 0. The standard InChI is InChI=1S/C22H20N10O/c1-16-7-5-6-10-18(16)13-31-14-23-22(28-31)24-21(33)19-11-12-30(26-19)15-32-27-20(25-29-32)17-8-3-2-4-9-17/h2-12,14H,13,15H2,1H3,(H,24,28,33). The molecule has 0 aliphatic rings. The highest BCUT2D eigenvalue weighted by Crippen LogP contribution is 2.12. The van der Waals surface area contributed by atoms with Crippen molar-refractivity contribution in [2.45, 2.75) is 20.1 Å². The van der Waals surface area contributed by atoms with Crippen molar-refractivity contribution < 1.29 is 4.79 Å². The lowest BCUT2D eigenvalue weighted by molar-refractivity contribution is 0.102. The van der Waals surface area contributed by atoms with Crippen LogP contribution in [0.4, 0.5) is 5.95 Å². The monoisotopic (exact) mass is 440 g/mol. The summed E-state index contributed by atoms with van der Waals surface area (Å²) in [6.45, 7) is 2.83. The van der Waals surface area contributed by atoms with E-state index in [9.17, 15) is 4.79 Å². The highest BCUT2D eigenvalue weighted by atomic mass is 16.2. The van der Waals surface area contributed by atoms with Crippen molar-refractivity contribution in [2.24, 2.45) is 0 Å². The van der Waals surface area contributed by atoms with E-state index < -0.39 is 5.91 Å². The highest BCUT2D eigenvalue weighted by Gasteiger charge is 2.13. The molecule has 0 aliphatic heterocycles. The summed E-state index contributed by atoms with van der Waals surface area (Å²) in [5.41, 5.74) is 3.41. The van der Waals surface area contributed by atoms with Crippen molar-refractivity contribution in [2.75, 3.05) is 5.32 Å². The second-order valence-electron chi connectivity index (χ2n) is 7.38. The van der Waals surface area contributed by atoms with Gasteiger partial charge < -0.3 is 0 Å². The Morgan fingerprint density at radius 2 is 1.76 bits per heavy atom. The number of carbonyl (C=O) groups excluding carboxylic acids is 1. The van der Waals surface area contributed by atoms with Crippen LogP contribution in [0.25, 0.3) is 11.4 Å². The first-order valence-electron chi connectivity index (χ1n) is 10.3. The van der Waals surface area contributed by atoms with Crippen molar-refractivity contribution in [3.63, 3.8) is 0 Å². The van der Waals surface area contributed by atoms with Gasteiger partial charge in [-0.2, -0.15) is 5.10 Å². The van der Waals surface area contributed by atoms with Crippen LogP contribution in [0.1, 0.15) is 21.6 Å². The topological polar surface area (TPSA) is 121 Å². The predicted molar refractivity (Wildman–Crippen MR) is 119 cm³/mol. The second-order valence-corrected chi connectivity index (χ2v) is 7.38. The Bertz CT molecular complexity index is 1380. The van der Waals surface area contributed by atoms with E-state index in [1.807, 2.05) is 61.5 Å². The van der Waals surface area contributed by atoms with Gasteiger partial charge >= 0.3 is 0 Å². The van der Waals surface area contributed by atoms with Crippen molar-refractivity contribution in [3.8, 4) is 11.4 Å². The molecule has 3 aromatic heterocycles. The molecule has 11 nitrogen and oxygen atoms in total. The fourth-order valence-corrected chi connectivity index (χ4v) is 3.25. The maximum Gasteiger partial charge on any atom is 0.278 e. The van der Waals surface area contributed by atoms with E-state index in [1.165, 1.54) is 10.4 Å². The Morgan fingerprint density at radius 3 is 2.61 bits per heavy atom. The van der Waals surface area contributed by atoms with Gasteiger partial charge in [0.2, 0.25) is 11.8 Å². The molecule has 2 aromatic carbocycles. The van der Waals surface area contributed by atoms with Gasteiger partial charge in [0.15, 0.2) is 12.4 Å².